The highest BCUT2D eigenvalue weighted by atomic mass is 32.2. The van der Waals surface area contributed by atoms with Crippen molar-refractivity contribution >= 4 is 34.7 Å². The van der Waals surface area contributed by atoms with Crippen LogP contribution in [0.25, 0.3) is 6.08 Å². The number of hydrogen-bond donors (Lipinski definition) is 0. The van der Waals surface area contributed by atoms with Gasteiger partial charge in [-0.1, -0.05) is 0 Å². The van der Waals surface area contributed by atoms with E-state index in [1.54, 1.807) is 30.3 Å². The molecule has 118 valence electrons. The van der Waals surface area contributed by atoms with Crippen LogP contribution in [-0.4, -0.2) is 22.3 Å². The first-order valence-corrected chi connectivity index (χ1v) is 8.04. The Kier molecular flexibility index (Phi) is 4.25. The van der Waals surface area contributed by atoms with E-state index in [1.807, 2.05) is 36.9 Å². The number of amides is 2. The third kappa shape index (κ3) is 3.03. The highest BCUT2D eigenvalue weighted by molar-refractivity contribution is 8.19. The molecule has 1 aromatic carbocycles. The quantitative estimate of drug-likeness (QED) is 0.804. The number of rotatable bonds is 4. The van der Waals surface area contributed by atoms with Gasteiger partial charge in [0.2, 0.25) is 0 Å². The van der Waals surface area contributed by atoms with Crippen LogP contribution in [0.4, 0.5) is 10.5 Å². The van der Waals surface area contributed by atoms with E-state index in [0.29, 0.717) is 22.9 Å². The van der Waals surface area contributed by atoms with Crippen molar-refractivity contribution in [3.8, 4) is 5.75 Å². The molecule has 0 N–H and O–H groups in total. The highest BCUT2D eigenvalue weighted by Crippen LogP contribution is 2.36. The summed E-state index contributed by atoms with van der Waals surface area (Å²) in [6, 6.07) is 10.7. The first-order valence-electron chi connectivity index (χ1n) is 7.22. The molecule has 0 bridgehead atoms. The van der Waals surface area contributed by atoms with Gasteiger partial charge in [-0.3, -0.25) is 9.59 Å². The molecule has 0 aliphatic carbocycles. The summed E-state index contributed by atoms with van der Waals surface area (Å²) in [5.74, 6) is 0.410. The Morgan fingerprint density at radius 1 is 1.17 bits per heavy atom. The van der Waals surface area contributed by atoms with Crippen molar-refractivity contribution in [2.24, 2.45) is 7.05 Å². The van der Waals surface area contributed by atoms with Crippen LogP contribution < -0.4 is 9.64 Å². The summed E-state index contributed by atoms with van der Waals surface area (Å²) in [7, 11) is 1.89. The van der Waals surface area contributed by atoms with Crippen LogP contribution in [0.2, 0.25) is 0 Å². The van der Waals surface area contributed by atoms with Crippen molar-refractivity contribution in [2.45, 2.75) is 6.92 Å². The number of carbonyl (C=O) groups is 2. The van der Waals surface area contributed by atoms with Crippen LogP contribution in [-0.2, 0) is 11.8 Å². The maximum Gasteiger partial charge on any atom is 0.298 e. The van der Waals surface area contributed by atoms with Crippen molar-refractivity contribution in [3.05, 3.63) is 53.2 Å². The van der Waals surface area contributed by atoms with Crippen LogP contribution >= 0.6 is 11.8 Å². The van der Waals surface area contributed by atoms with Crippen molar-refractivity contribution in [1.29, 1.82) is 0 Å². The smallest absolute Gasteiger partial charge is 0.298 e. The molecule has 5 nitrogen and oxygen atoms in total. The summed E-state index contributed by atoms with van der Waals surface area (Å²) in [6.07, 6.45) is 3.63. The monoisotopic (exact) mass is 328 g/mol. The molecule has 0 saturated carbocycles. The Hall–Kier alpha value is -2.47. The van der Waals surface area contributed by atoms with E-state index in [4.69, 9.17) is 4.74 Å². The van der Waals surface area contributed by atoms with Crippen LogP contribution in [0.3, 0.4) is 0 Å². The Morgan fingerprint density at radius 3 is 2.52 bits per heavy atom. The number of carbonyl (C=O) groups excluding carboxylic acids is 2. The second-order valence-electron chi connectivity index (χ2n) is 4.99. The summed E-state index contributed by atoms with van der Waals surface area (Å²) < 4.78 is 7.27. The number of hydrogen-bond acceptors (Lipinski definition) is 4. The van der Waals surface area contributed by atoms with E-state index in [9.17, 15) is 9.59 Å². The van der Waals surface area contributed by atoms with E-state index >= 15 is 0 Å². The fourth-order valence-electron chi connectivity index (χ4n) is 2.31. The predicted octanol–water partition coefficient (Wildman–Crippen LogP) is 3.66. The molecule has 3 rings (SSSR count). The van der Waals surface area contributed by atoms with Crippen molar-refractivity contribution < 1.29 is 14.3 Å². The maximum absolute atomic E-state index is 12.5. The molecule has 0 radical (unpaired) electrons. The number of nitrogens with zero attached hydrogens (tertiary/aromatic N) is 2. The van der Waals surface area contributed by atoms with Crippen LogP contribution in [0.5, 0.6) is 5.75 Å². The zero-order chi connectivity index (χ0) is 16.4. The van der Waals surface area contributed by atoms with E-state index < -0.39 is 0 Å². The minimum absolute atomic E-state index is 0.292. The molecule has 2 amide bonds. The van der Waals surface area contributed by atoms with Crippen LogP contribution in [0, 0.1) is 0 Å². The van der Waals surface area contributed by atoms with Gasteiger partial charge in [-0.25, -0.2) is 4.90 Å². The second-order valence-corrected chi connectivity index (χ2v) is 5.98. The molecule has 0 spiro atoms. The topological polar surface area (TPSA) is 51.5 Å². The Bertz CT molecular complexity index is 777. The molecular formula is C17H16N2O3S. The summed E-state index contributed by atoms with van der Waals surface area (Å²) in [5.41, 5.74) is 1.42. The summed E-state index contributed by atoms with van der Waals surface area (Å²) >= 11 is 0.952. The van der Waals surface area contributed by atoms with Gasteiger partial charge in [-0.15, -0.1) is 0 Å². The van der Waals surface area contributed by atoms with Gasteiger partial charge < -0.3 is 9.30 Å². The Morgan fingerprint density at radius 2 is 1.91 bits per heavy atom. The van der Waals surface area contributed by atoms with Crippen molar-refractivity contribution in [1.82, 2.24) is 4.57 Å². The molecule has 0 atom stereocenters. The minimum atomic E-state index is -0.301. The average Bonchev–Trinajstić information content (AvgIpc) is 3.05. The zero-order valence-corrected chi connectivity index (χ0v) is 13.7. The van der Waals surface area contributed by atoms with Gasteiger partial charge in [0.15, 0.2) is 0 Å². The van der Waals surface area contributed by atoms with Crippen LogP contribution in [0.15, 0.2) is 47.5 Å². The second kappa shape index (κ2) is 6.34. The summed E-state index contributed by atoms with van der Waals surface area (Å²) in [6.45, 7) is 2.47. The minimum Gasteiger partial charge on any atom is -0.494 e. The number of anilines is 1. The molecule has 1 aliphatic heterocycles. The molecule has 0 unspecified atom stereocenters. The lowest BCUT2D eigenvalue weighted by Gasteiger charge is -2.13. The normalized spacial score (nSPS) is 16.4. The van der Waals surface area contributed by atoms with E-state index in [1.165, 1.54) is 4.90 Å². The molecule has 23 heavy (non-hydrogen) atoms. The molecule has 1 aliphatic rings. The SMILES string of the molecule is CCOc1ccc(N2C(=O)SC(=Cc3cccn3C)C2=O)cc1. The average molecular weight is 328 g/mol. The molecular weight excluding hydrogens is 312 g/mol. The molecule has 6 heteroatoms. The first-order chi connectivity index (χ1) is 11.1. The van der Waals surface area contributed by atoms with Gasteiger partial charge in [0.05, 0.1) is 17.2 Å². The Balaban J connectivity index is 1.87. The maximum atomic E-state index is 12.5. The highest BCUT2D eigenvalue weighted by Gasteiger charge is 2.36. The number of ether oxygens (including phenoxy) is 1. The molecule has 2 heterocycles. The molecule has 1 aromatic heterocycles. The first kappa shape index (κ1) is 15.4. The van der Waals surface area contributed by atoms with E-state index in [-0.39, 0.29) is 11.1 Å². The van der Waals surface area contributed by atoms with Crippen molar-refractivity contribution in [2.75, 3.05) is 11.5 Å². The molecule has 1 saturated heterocycles. The van der Waals surface area contributed by atoms with Crippen molar-refractivity contribution in [3.63, 3.8) is 0 Å². The van der Waals surface area contributed by atoms with Gasteiger partial charge in [-0.05, 0) is 61.2 Å². The fourth-order valence-corrected chi connectivity index (χ4v) is 3.13. The van der Waals surface area contributed by atoms with E-state index in [0.717, 1.165) is 17.5 Å². The van der Waals surface area contributed by atoms with Gasteiger partial charge in [0.25, 0.3) is 11.1 Å². The summed E-state index contributed by atoms with van der Waals surface area (Å²) in [5, 5.41) is -0.292. The lowest BCUT2D eigenvalue weighted by molar-refractivity contribution is -0.113. The largest absolute Gasteiger partial charge is 0.494 e. The molecule has 2 aromatic rings. The van der Waals surface area contributed by atoms with E-state index in [2.05, 4.69) is 0 Å². The third-order valence-electron chi connectivity index (χ3n) is 3.46. The number of thioether (sulfide) groups is 1. The van der Waals surface area contributed by atoms with Gasteiger partial charge >= 0.3 is 0 Å². The van der Waals surface area contributed by atoms with Gasteiger partial charge in [-0.2, -0.15) is 0 Å². The lowest BCUT2D eigenvalue weighted by Crippen LogP contribution is -2.27. The third-order valence-corrected chi connectivity index (χ3v) is 4.33. The fraction of sp³-hybridized carbons (Fsp3) is 0.176. The summed E-state index contributed by atoms with van der Waals surface area (Å²) in [4.78, 5) is 26.4. The van der Waals surface area contributed by atoms with Gasteiger partial charge in [0, 0.05) is 18.9 Å². The Labute approximate surface area is 138 Å². The zero-order valence-electron chi connectivity index (χ0n) is 12.9. The molecule has 1 fully saturated rings. The number of benzene rings is 1. The predicted molar refractivity (Wildman–Crippen MR) is 91.5 cm³/mol. The standard InChI is InChI=1S/C17H16N2O3S/c1-3-22-14-8-6-12(7-9-14)19-16(20)15(23-17(19)21)11-13-5-4-10-18(13)2/h4-11H,3H2,1-2H3. The lowest BCUT2D eigenvalue weighted by atomic mass is 10.2. The number of aryl methyl sites for hydroxylation is 1. The number of aromatic nitrogens is 1. The number of imide groups is 1. The van der Waals surface area contributed by atoms with Crippen LogP contribution in [0.1, 0.15) is 12.6 Å². The van der Waals surface area contributed by atoms with Gasteiger partial charge in [0.1, 0.15) is 5.75 Å².